The average Bonchev–Trinajstić information content (AvgIpc) is 3.69. The van der Waals surface area contributed by atoms with E-state index in [-0.39, 0.29) is 28.8 Å². The summed E-state index contributed by atoms with van der Waals surface area (Å²) in [6.45, 7) is 4.27. The normalized spacial score (nSPS) is 23.5. The second-order valence-electron chi connectivity index (χ2n) is 13.6. The maximum absolute atomic E-state index is 15.4. The van der Waals surface area contributed by atoms with Crippen LogP contribution in [0.25, 0.3) is 0 Å². The smallest absolute Gasteiger partial charge is 0.372 e. The van der Waals surface area contributed by atoms with E-state index in [2.05, 4.69) is 22.2 Å². The number of carbonyl (C=O) groups is 2. The van der Waals surface area contributed by atoms with Gasteiger partial charge in [-0.15, -0.1) is 0 Å². The number of piperidine rings is 1. The summed E-state index contributed by atoms with van der Waals surface area (Å²) in [5, 5.41) is 2.76. The second kappa shape index (κ2) is 12.9. The molecule has 4 atom stereocenters. The third-order valence-electron chi connectivity index (χ3n) is 10.5. The van der Waals surface area contributed by atoms with Crippen LogP contribution in [0.1, 0.15) is 70.8 Å². The van der Waals surface area contributed by atoms with E-state index in [0.717, 1.165) is 30.2 Å². The summed E-state index contributed by atoms with van der Waals surface area (Å²) in [6, 6.07) is 15.6. The Morgan fingerprint density at radius 3 is 2.30 bits per heavy atom. The highest BCUT2D eigenvalue weighted by molar-refractivity contribution is 5.98. The summed E-state index contributed by atoms with van der Waals surface area (Å²) >= 11 is 0. The molecule has 2 amide bonds. The van der Waals surface area contributed by atoms with Crippen molar-refractivity contribution in [3.8, 4) is 0 Å². The van der Waals surface area contributed by atoms with Crippen LogP contribution in [0, 0.1) is 31.5 Å². The van der Waals surface area contributed by atoms with E-state index in [1.54, 1.807) is 24.0 Å². The van der Waals surface area contributed by atoms with Crippen LogP contribution < -0.4 is 10.2 Å². The topological polar surface area (TPSA) is 55.9 Å². The largest absolute Gasteiger partial charge is 0.416 e. The molecule has 0 bridgehead atoms. The number of rotatable bonds is 6. The molecule has 2 aliphatic heterocycles. The molecule has 1 N–H and O–H groups in total. The molecule has 1 aliphatic carbocycles. The Kier molecular flexibility index (Phi) is 9.09. The summed E-state index contributed by atoms with van der Waals surface area (Å²) < 4.78 is 56.6. The molecule has 47 heavy (non-hydrogen) atoms. The van der Waals surface area contributed by atoms with Crippen LogP contribution in [0.4, 0.5) is 28.9 Å². The number of likely N-dealkylation sites (N-methyl/N-ethyl adjacent to an activating group) is 1. The zero-order valence-electron chi connectivity index (χ0n) is 27.3. The molecular weight excluding hydrogens is 608 g/mol. The molecule has 0 radical (unpaired) electrons. The van der Waals surface area contributed by atoms with E-state index >= 15 is 4.39 Å². The lowest BCUT2D eigenvalue weighted by molar-refractivity contribution is -0.138. The molecule has 6 nitrogen and oxygen atoms in total. The van der Waals surface area contributed by atoms with Crippen LogP contribution in [-0.2, 0) is 11.0 Å². The number of amides is 2. The number of benzene rings is 3. The zero-order valence-corrected chi connectivity index (χ0v) is 27.3. The van der Waals surface area contributed by atoms with Crippen molar-refractivity contribution in [2.45, 2.75) is 70.3 Å². The van der Waals surface area contributed by atoms with Crippen molar-refractivity contribution in [2.24, 2.45) is 11.8 Å². The summed E-state index contributed by atoms with van der Waals surface area (Å²) in [5.41, 5.74) is 1.49. The monoisotopic (exact) mass is 650 g/mol. The third kappa shape index (κ3) is 6.49. The Hall–Kier alpha value is -3.92. The summed E-state index contributed by atoms with van der Waals surface area (Å²) in [6.07, 6.45) is 0.487. The van der Waals surface area contributed by atoms with Crippen LogP contribution in [0.5, 0.6) is 0 Å². The van der Waals surface area contributed by atoms with Crippen molar-refractivity contribution in [3.63, 3.8) is 0 Å². The molecule has 3 aliphatic rings. The molecule has 3 aromatic rings. The number of anilines is 2. The van der Waals surface area contributed by atoms with E-state index in [0.29, 0.717) is 31.1 Å². The Balaban J connectivity index is 1.42. The highest BCUT2D eigenvalue weighted by Crippen LogP contribution is 2.46. The summed E-state index contributed by atoms with van der Waals surface area (Å²) in [7, 11) is 4.03. The third-order valence-corrected chi connectivity index (χ3v) is 10.5. The molecule has 6 rings (SSSR count). The maximum Gasteiger partial charge on any atom is 0.416 e. The van der Waals surface area contributed by atoms with Crippen molar-refractivity contribution >= 4 is 23.2 Å². The highest BCUT2D eigenvalue weighted by atomic mass is 19.4. The lowest BCUT2D eigenvalue weighted by Crippen LogP contribution is -2.55. The fourth-order valence-corrected chi connectivity index (χ4v) is 8.07. The van der Waals surface area contributed by atoms with E-state index in [9.17, 15) is 22.8 Å². The number of nitrogens with one attached hydrogen (secondary N) is 1. The maximum atomic E-state index is 15.4. The van der Waals surface area contributed by atoms with Gasteiger partial charge >= 0.3 is 6.18 Å². The van der Waals surface area contributed by atoms with Crippen molar-refractivity contribution in [1.29, 1.82) is 0 Å². The Morgan fingerprint density at radius 1 is 0.936 bits per heavy atom. The number of hydrogen-bond donors (Lipinski definition) is 1. The molecule has 250 valence electrons. The van der Waals surface area contributed by atoms with Crippen LogP contribution in [0.2, 0.25) is 0 Å². The highest BCUT2D eigenvalue weighted by Gasteiger charge is 2.51. The number of carbonyl (C=O) groups excluding carboxylic acids is 2. The molecule has 2 saturated heterocycles. The first-order valence-electron chi connectivity index (χ1n) is 16.4. The number of hydrogen-bond acceptors (Lipinski definition) is 4. The van der Waals surface area contributed by atoms with Crippen LogP contribution in [0.3, 0.4) is 0 Å². The molecule has 0 aromatic heterocycles. The summed E-state index contributed by atoms with van der Waals surface area (Å²) in [5.74, 6) is -2.48. The minimum absolute atomic E-state index is 0.0298. The number of halogens is 4. The molecule has 1 saturated carbocycles. The Morgan fingerprint density at radius 2 is 1.64 bits per heavy atom. The molecule has 3 fully saturated rings. The average molecular weight is 651 g/mol. The number of fused-ring (bicyclic) bond motifs is 1. The first-order chi connectivity index (χ1) is 22.3. The van der Waals surface area contributed by atoms with Gasteiger partial charge in [-0.1, -0.05) is 43.2 Å². The first kappa shape index (κ1) is 33.0. The van der Waals surface area contributed by atoms with Gasteiger partial charge in [0, 0.05) is 43.6 Å². The quantitative estimate of drug-likeness (QED) is 0.279. The van der Waals surface area contributed by atoms with Crippen LogP contribution >= 0.6 is 0 Å². The van der Waals surface area contributed by atoms with Gasteiger partial charge in [-0.25, -0.2) is 4.39 Å². The van der Waals surface area contributed by atoms with Crippen molar-refractivity contribution in [2.75, 3.05) is 37.4 Å². The number of aryl methyl sites for hydroxylation is 2. The predicted octanol–water partition coefficient (Wildman–Crippen LogP) is 7.61. The number of nitrogens with zero attached hydrogens (tertiary/aromatic N) is 3. The standard InChI is InChI=1S/C37H42F4N4O2/c1-22-12-15-26(19-30(22)37(39,40)41)42-35(46)29-18-25-20-43(3)21-32(25)45(36(47)33-23(2)8-7-11-31(33)38)34(29)24-13-16-28(17-14-24)44(4)27-9-5-6-10-27/h7-8,11-17,19,25,27,29,32,34H,5-6,9-10,18,20-21H2,1-4H3,(H,42,46)/t25?,29-,32+,34-/m0/s1. The van der Waals surface area contributed by atoms with Gasteiger partial charge in [-0.3, -0.25) is 9.59 Å². The summed E-state index contributed by atoms with van der Waals surface area (Å²) in [4.78, 5) is 34.8. The van der Waals surface area contributed by atoms with Gasteiger partial charge in [0.2, 0.25) is 5.91 Å². The Bertz CT molecular complexity index is 1620. The second-order valence-corrected chi connectivity index (χ2v) is 13.6. The van der Waals surface area contributed by atoms with Gasteiger partial charge in [-0.05, 0) is 93.1 Å². The van der Waals surface area contributed by atoms with Gasteiger partial charge in [0.15, 0.2) is 0 Å². The fraction of sp³-hybridized carbons (Fsp3) is 0.459. The van der Waals surface area contributed by atoms with Gasteiger partial charge in [0.1, 0.15) is 5.82 Å². The van der Waals surface area contributed by atoms with Crippen molar-refractivity contribution in [3.05, 3.63) is 94.3 Å². The van der Waals surface area contributed by atoms with Gasteiger partial charge < -0.3 is 20.0 Å². The van der Waals surface area contributed by atoms with E-state index < -0.39 is 41.3 Å². The van der Waals surface area contributed by atoms with Crippen LogP contribution in [-0.4, -0.2) is 60.9 Å². The minimum atomic E-state index is -4.58. The van der Waals surface area contributed by atoms with Gasteiger partial charge in [0.25, 0.3) is 5.91 Å². The van der Waals surface area contributed by atoms with E-state index in [1.165, 1.54) is 38.0 Å². The molecule has 0 spiro atoms. The van der Waals surface area contributed by atoms with Gasteiger partial charge in [0.05, 0.1) is 23.1 Å². The van der Waals surface area contributed by atoms with Crippen molar-refractivity contribution in [1.82, 2.24) is 9.80 Å². The number of likely N-dealkylation sites (tertiary alicyclic amines) is 2. The molecule has 1 unspecified atom stereocenters. The lowest BCUT2D eigenvalue weighted by atomic mass is 9.76. The van der Waals surface area contributed by atoms with Crippen molar-refractivity contribution < 1.29 is 27.2 Å². The number of alkyl halides is 3. The van der Waals surface area contributed by atoms with E-state index in [1.807, 2.05) is 31.3 Å². The first-order valence-corrected chi connectivity index (χ1v) is 16.4. The molecule has 3 aromatic carbocycles. The molecule has 10 heteroatoms. The molecular formula is C37H42F4N4O2. The fourth-order valence-electron chi connectivity index (χ4n) is 8.07. The van der Waals surface area contributed by atoms with Crippen LogP contribution in [0.15, 0.2) is 60.7 Å². The predicted molar refractivity (Wildman–Crippen MR) is 175 cm³/mol. The SMILES string of the molecule is Cc1ccc(NC(=O)[C@H]2CC3CN(C)C[C@H]3N(C(=O)c3c(C)cccc3F)[C@H]2c2ccc(N(C)C3CCCC3)cc2)cc1C(F)(F)F. The van der Waals surface area contributed by atoms with E-state index in [4.69, 9.17) is 0 Å². The minimum Gasteiger partial charge on any atom is -0.372 e. The Labute approximate surface area is 273 Å². The molecule has 2 heterocycles. The zero-order chi connectivity index (χ0) is 33.6. The van der Waals surface area contributed by atoms with Gasteiger partial charge in [-0.2, -0.15) is 13.2 Å². The lowest BCUT2D eigenvalue weighted by Gasteiger charge is -2.47.